The molecule has 0 saturated carbocycles. The standard InChI is InChI=1S/C21H20O6/c1-26-20-11-14(5-9-18(20)24)3-7-16(22)13-17(23)8-4-15-6-10-19(25)21(12-15)27-2/h3-12,24-25H,13H2,1-2H3/b7-3+,8-4+/i3D,4D. The van der Waals surface area contributed by atoms with Gasteiger partial charge in [-0.1, -0.05) is 24.2 Å². The lowest BCUT2D eigenvalue weighted by molar-refractivity contribution is -0.121. The summed E-state index contributed by atoms with van der Waals surface area (Å²) in [7, 11) is 2.73. The summed E-state index contributed by atoms with van der Waals surface area (Å²) in [6.45, 7) is 0. The molecule has 140 valence electrons. The SMILES string of the molecule is [2H]/C(=C\C(=O)CC(=O)/C=C(\[2H])c1ccc(O)c(OC)c1)c1ccc(O)c(OC)c1. The third-order valence-electron chi connectivity index (χ3n) is 3.51. The number of carbonyl (C=O) groups excluding carboxylic acids is 2. The summed E-state index contributed by atoms with van der Waals surface area (Å²) in [5.41, 5.74) is 0.682. The van der Waals surface area contributed by atoms with Crippen molar-refractivity contribution in [2.75, 3.05) is 14.2 Å². The Morgan fingerprint density at radius 3 is 1.67 bits per heavy atom. The summed E-state index contributed by atoms with van der Waals surface area (Å²) in [6, 6.07) is 8.11. The van der Waals surface area contributed by atoms with Gasteiger partial charge in [0.1, 0.15) is 0 Å². The van der Waals surface area contributed by atoms with E-state index in [0.29, 0.717) is 11.1 Å². The van der Waals surface area contributed by atoms with Gasteiger partial charge < -0.3 is 19.7 Å². The van der Waals surface area contributed by atoms with E-state index in [1.807, 2.05) is 0 Å². The van der Waals surface area contributed by atoms with E-state index in [2.05, 4.69) is 0 Å². The fourth-order valence-corrected chi connectivity index (χ4v) is 2.14. The van der Waals surface area contributed by atoms with E-state index in [1.165, 1.54) is 50.6 Å². The van der Waals surface area contributed by atoms with Gasteiger partial charge in [-0.3, -0.25) is 9.59 Å². The summed E-state index contributed by atoms with van der Waals surface area (Å²) in [4.78, 5) is 24.2. The Balaban J connectivity index is 2.10. The maximum atomic E-state index is 12.1. The fraction of sp³-hybridized carbons (Fsp3) is 0.143. The zero-order valence-electron chi connectivity index (χ0n) is 16.9. The van der Waals surface area contributed by atoms with Gasteiger partial charge in [-0.2, -0.15) is 0 Å². The van der Waals surface area contributed by atoms with Crippen LogP contribution in [0.3, 0.4) is 0 Å². The molecule has 0 aliphatic carbocycles. The lowest BCUT2D eigenvalue weighted by Gasteiger charge is -2.03. The first-order valence-electron chi connectivity index (χ1n) is 8.92. The van der Waals surface area contributed by atoms with E-state index in [-0.39, 0.29) is 35.1 Å². The molecule has 0 atom stereocenters. The van der Waals surface area contributed by atoms with Crippen LogP contribution in [-0.4, -0.2) is 36.0 Å². The minimum Gasteiger partial charge on any atom is -0.504 e. The van der Waals surface area contributed by atoms with E-state index in [4.69, 9.17) is 12.2 Å². The number of hydrogen-bond acceptors (Lipinski definition) is 6. The van der Waals surface area contributed by atoms with Crippen LogP contribution in [0.2, 0.25) is 0 Å². The molecule has 2 aromatic rings. The van der Waals surface area contributed by atoms with Crippen LogP contribution in [0.25, 0.3) is 12.1 Å². The van der Waals surface area contributed by atoms with E-state index in [0.717, 1.165) is 12.2 Å². The molecule has 2 aromatic carbocycles. The molecule has 0 aromatic heterocycles. The zero-order chi connectivity index (χ0) is 21.6. The van der Waals surface area contributed by atoms with Crippen molar-refractivity contribution in [2.45, 2.75) is 6.42 Å². The van der Waals surface area contributed by atoms with Crippen LogP contribution in [0.5, 0.6) is 23.0 Å². The molecule has 2 N–H and O–H groups in total. The third kappa shape index (κ3) is 5.74. The largest absolute Gasteiger partial charge is 0.504 e. The van der Waals surface area contributed by atoms with Gasteiger partial charge in [0.05, 0.1) is 23.4 Å². The number of methoxy groups -OCH3 is 2. The van der Waals surface area contributed by atoms with Gasteiger partial charge in [-0.15, -0.1) is 0 Å². The highest BCUT2D eigenvalue weighted by molar-refractivity contribution is 6.10. The number of allylic oxidation sites excluding steroid dienone is 2. The Morgan fingerprint density at radius 1 is 0.889 bits per heavy atom. The quantitative estimate of drug-likeness (QED) is 0.547. The summed E-state index contributed by atoms with van der Waals surface area (Å²) in [6.07, 6.45) is 1.50. The lowest BCUT2D eigenvalue weighted by atomic mass is 10.1. The molecule has 0 radical (unpaired) electrons. The third-order valence-corrected chi connectivity index (χ3v) is 3.51. The number of aromatic hydroxyl groups is 2. The van der Waals surface area contributed by atoms with E-state index in [9.17, 15) is 19.8 Å². The van der Waals surface area contributed by atoms with Crippen molar-refractivity contribution in [1.82, 2.24) is 0 Å². The van der Waals surface area contributed by atoms with Crippen LogP contribution in [0, 0.1) is 0 Å². The van der Waals surface area contributed by atoms with Crippen LogP contribution in [0.15, 0.2) is 48.6 Å². The lowest BCUT2D eigenvalue weighted by Crippen LogP contribution is -2.01. The maximum absolute atomic E-state index is 12.1. The maximum Gasteiger partial charge on any atom is 0.163 e. The summed E-state index contributed by atoms with van der Waals surface area (Å²) < 4.78 is 25.9. The van der Waals surface area contributed by atoms with Crippen LogP contribution in [0.1, 0.15) is 20.3 Å². The Morgan fingerprint density at radius 2 is 1.30 bits per heavy atom. The van der Waals surface area contributed by atoms with Crippen molar-refractivity contribution in [3.8, 4) is 23.0 Å². The van der Waals surface area contributed by atoms with Gasteiger partial charge in [-0.05, 0) is 47.5 Å². The van der Waals surface area contributed by atoms with E-state index < -0.39 is 18.0 Å². The Bertz CT molecular complexity index is 915. The highest BCUT2D eigenvalue weighted by Gasteiger charge is 2.06. The number of hydrogen-bond donors (Lipinski definition) is 2. The predicted molar refractivity (Wildman–Crippen MR) is 102 cm³/mol. The second kappa shape index (κ2) is 9.24. The molecule has 0 aliphatic heterocycles. The Hall–Kier alpha value is -3.54. The molecule has 0 aliphatic rings. The van der Waals surface area contributed by atoms with Crippen molar-refractivity contribution in [1.29, 1.82) is 0 Å². The van der Waals surface area contributed by atoms with Gasteiger partial charge in [0.2, 0.25) is 0 Å². The van der Waals surface area contributed by atoms with Gasteiger partial charge in [-0.25, -0.2) is 0 Å². The van der Waals surface area contributed by atoms with Crippen molar-refractivity contribution >= 4 is 23.7 Å². The zero-order valence-corrected chi connectivity index (χ0v) is 14.9. The van der Waals surface area contributed by atoms with Crippen LogP contribution in [0.4, 0.5) is 0 Å². The summed E-state index contributed by atoms with van der Waals surface area (Å²) in [5.74, 6) is -1.06. The van der Waals surface area contributed by atoms with Crippen molar-refractivity contribution in [3.63, 3.8) is 0 Å². The highest BCUT2D eigenvalue weighted by Crippen LogP contribution is 2.27. The van der Waals surface area contributed by atoms with Crippen LogP contribution in [-0.2, 0) is 9.59 Å². The first kappa shape index (κ1) is 16.9. The predicted octanol–water partition coefficient (Wildman–Crippen LogP) is 3.37. The van der Waals surface area contributed by atoms with Crippen molar-refractivity contribution < 1.29 is 32.0 Å². The number of benzene rings is 2. The molecule has 0 bridgehead atoms. The normalized spacial score (nSPS) is 12.8. The molecule has 0 amide bonds. The first-order chi connectivity index (χ1) is 13.7. The summed E-state index contributed by atoms with van der Waals surface area (Å²) in [5, 5.41) is 19.2. The molecule has 0 spiro atoms. The number of ketones is 2. The second-order valence-corrected chi connectivity index (χ2v) is 5.46. The fourth-order valence-electron chi connectivity index (χ4n) is 2.14. The van der Waals surface area contributed by atoms with Crippen molar-refractivity contribution in [3.05, 3.63) is 59.7 Å². The molecule has 0 fully saturated rings. The number of carbonyl (C=O) groups is 2. The second-order valence-electron chi connectivity index (χ2n) is 5.46. The van der Waals surface area contributed by atoms with Gasteiger partial charge in [0.15, 0.2) is 34.6 Å². The van der Waals surface area contributed by atoms with Gasteiger partial charge >= 0.3 is 0 Å². The Kier molecular flexibility index (Phi) is 5.78. The minimum absolute atomic E-state index is 0.0930. The molecule has 0 unspecified atom stereocenters. The van der Waals surface area contributed by atoms with Crippen LogP contribution >= 0.6 is 0 Å². The topological polar surface area (TPSA) is 93.1 Å². The van der Waals surface area contributed by atoms with E-state index in [1.54, 1.807) is 0 Å². The smallest absolute Gasteiger partial charge is 0.163 e. The minimum atomic E-state index is -0.598. The molecule has 6 nitrogen and oxygen atoms in total. The number of rotatable bonds is 8. The molecule has 0 saturated heterocycles. The number of phenols is 2. The van der Waals surface area contributed by atoms with Gasteiger partial charge in [0, 0.05) is 0 Å². The molecular weight excluding hydrogens is 348 g/mol. The van der Waals surface area contributed by atoms with E-state index >= 15 is 0 Å². The highest BCUT2D eigenvalue weighted by atomic mass is 16.5. The first-order valence-corrected chi connectivity index (χ1v) is 7.92. The average molecular weight is 370 g/mol. The van der Waals surface area contributed by atoms with Crippen LogP contribution < -0.4 is 9.47 Å². The average Bonchev–Trinajstić information content (AvgIpc) is 2.68. The summed E-state index contributed by atoms with van der Waals surface area (Å²) >= 11 is 0. The molecule has 6 heteroatoms. The molecule has 27 heavy (non-hydrogen) atoms. The van der Waals surface area contributed by atoms with Crippen molar-refractivity contribution in [2.24, 2.45) is 0 Å². The number of phenolic OH excluding ortho intramolecular Hbond substituents is 2. The molecule has 2 rings (SSSR count). The molecule has 0 heterocycles. The molecular formula is C21H20O6. The Labute approximate surface area is 159 Å². The number of ether oxygens (including phenoxy) is 2. The van der Waals surface area contributed by atoms with Gasteiger partial charge in [0.25, 0.3) is 0 Å². The monoisotopic (exact) mass is 370 g/mol.